The molecule has 0 unspecified atom stereocenters. The Morgan fingerprint density at radius 3 is 2.66 bits per heavy atom. The second kappa shape index (κ2) is 10.3. The summed E-state index contributed by atoms with van der Waals surface area (Å²) < 4.78 is 6.97. The van der Waals surface area contributed by atoms with Crippen LogP contribution in [0.25, 0.3) is 11.0 Å². The van der Waals surface area contributed by atoms with Crippen LogP contribution in [-0.2, 0) is 6.61 Å². The van der Waals surface area contributed by atoms with Crippen molar-refractivity contribution in [1.82, 2.24) is 15.0 Å². The fourth-order valence-corrected chi connectivity index (χ4v) is 4.74. The molecule has 0 amide bonds. The Balaban J connectivity index is 1.48. The Morgan fingerprint density at radius 2 is 1.83 bits per heavy atom. The minimum Gasteiger partial charge on any atom is -0.508 e. The van der Waals surface area contributed by atoms with Crippen LogP contribution in [0, 0.1) is 6.92 Å². The molecule has 0 radical (unpaired) electrons. The summed E-state index contributed by atoms with van der Waals surface area (Å²) in [6.07, 6.45) is 1.52. The van der Waals surface area contributed by atoms with Crippen molar-refractivity contribution in [2.75, 3.05) is 5.32 Å². The van der Waals surface area contributed by atoms with E-state index >= 15 is 0 Å². The first-order chi connectivity index (χ1) is 17.0. The zero-order valence-corrected chi connectivity index (χ0v) is 21.2. The van der Waals surface area contributed by atoms with Crippen LogP contribution in [0.2, 0.25) is 0 Å². The standard InChI is InChI=1S/C27H21BrN4O2S/c1-17-5-11-23-26(31-17)29-16-30-27(23)32-24-13-18(15-34-21-4-2-3-19(28)14-21)6-12-25(24)35-22-9-7-20(33)8-10-22/h2-14,16,33H,15H2,1H3,(H,29,30,31,32). The maximum atomic E-state index is 9.64. The molecular weight excluding hydrogens is 524 g/mol. The van der Waals surface area contributed by atoms with Gasteiger partial charge < -0.3 is 15.2 Å². The van der Waals surface area contributed by atoms with Gasteiger partial charge in [0.25, 0.3) is 0 Å². The van der Waals surface area contributed by atoms with E-state index in [0.29, 0.717) is 18.1 Å². The van der Waals surface area contributed by atoms with E-state index in [2.05, 4.69) is 54.4 Å². The largest absolute Gasteiger partial charge is 0.508 e. The van der Waals surface area contributed by atoms with Crippen molar-refractivity contribution in [2.45, 2.75) is 23.3 Å². The van der Waals surface area contributed by atoms with Crippen LogP contribution in [0.4, 0.5) is 11.5 Å². The number of rotatable bonds is 7. The van der Waals surface area contributed by atoms with Gasteiger partial charge in [0, 0.05) is 20.0 Å². The topological polar surface area (TPSA) is 80.2 Å². The van der Waals surface area contributed by atoms with Gasteiger partial charge in [0.05, 0.1) is 11.1 Å². The maximum Gasteiger partial charge on any atom is 0.164 e. The number of aryl methyl sites for hydroxylation is 1. The van der Waals surface area contributed by atoms with Crippen LogP contribution < -0.4 is 10.1 Å². The predicted molar refractivity (Wildman–Crippen MR) is 142 cm³/mol. The van der Waals surface area contributed by atoms with Gasteiger partial charge in [0.15, 0.2) is 5.65 Å². The number of phenolic OH excluding ortho intramolecular Hbond substituents is 1. The lowest BCUT2D eigenvalue weighted by Gasteiger charge is -2.15. The lowest BCUT2D eigenvalue weighted by atomic mass is 10.2. The molecule has 2 aromatic heterocycles. The molecular formula is C27H21BrN4O2S. The molecule has 3 aromatic carbocycles. The van der Waals surface area contributed by atoms with Crippen molar-refractivity contribution in [3.8, 4) is 11.5 Å². The van der Waals surface area contributed by atoms with Gasteiger partial charge in [-0.25, -0.2) is 15.0 Å². The molecule has 5 aromatic rings. The number of hydrogen-bond acceptors (Lipinski definition) is 7. The van der Waals surface area contributed by atoms with Crippen molar-refractivity contribution in [3.05, 3.63) is 101 Å². The third-order valence-corrected chi connectivity index (χ3v) is 6.78. The minimum atomic E-state index is 0.239. The summed E-state index contributed by atoms with van der Waals surface area (Å²) in [5, 5.41) is 14.0. The van der Waals surface area contributed by atoms with Crippen molar-refractivity contribution < 1.29 is 9.84 Å². The van der Waals surface area contributed by atoms with E-state index < -0.39 is 0 Å². The van der Waals surface area contributed by atoms with Gasteiger partial charge in [0.2, 0.25) is 0 Å². The monoisotopic (exact) mass is 544 g/mol. The molecule has 0 saturated heterocycles. The number of ether oxygens (including phenoxy) is 1. The molecule has 0 spiro atoms. The first-order valence-electron chi connectivity index (χ1n) is 10.9. The van der Waals surface area contributed by atoms with Crippen molar-refractivity contribution in [1.29, 1.82) is 0 Å². The van der Waals surface area contributed by atoms with Crippen LogP contribution in [0.5, 0.6) is 11.5 Å². The second-order valence-electron chi connectivity index (χ2n) is 7.84. The van der Waals surface area contributed by atoms with Gasteiger partial charge in [0.1, 0.15) is 30.3 Å². The molecule has 0 aliphatic carbocycles. The summed E-state index contributed by atoms with van der Waals surface area (Å²) >= 11 is 5.08. The summed E-state index contributed by atoms with van der Waals surface area (Å²) in [4.78, 5) is 15.3. The summed E-state index contributed by atoms with van der Waals surface area (Å²) in [7, 11) is 0. The lowest BCUT2D eigenvalue weighted by molar-refractivity contribution is 0.306. The van der Waals surface area contributed by atoms with Crippen LogP contribution in [0.15, 0.2) is 99.5 Å². The molecule has 0 atom stereocenters. The minimum absolute atomic E-state index is 0.239. The summed E-state index contributed by atoms with van der Waals surface area (Å²) in [6, 6.07) is 25.0. The van der Waals surface area contributed by atoms with Gasteiger partial charge in [-0.05, 0) is 79.2 Å². The van der Waals surface area contributed by atoms with Gasteiger partial charge >= 0.3 is 0 Å². The van der Waals surface area contributed by atoms with Crippen molar-refractivity contribution >= 4 is 50.2 Å². The Labute approximate surface area is 215 Å². The number of nitrogens with one attached hydrogen (secondary N) is 1. The van der Waals surface area contributed by atoms with E-state index in [-0.39, 0.29) is 5.75 Å². The second-order valence-corrected chi connectivity index (χ2v) is 9.87. The number of fused-ring (bicyclic) bond motifs is 1. The summed E-state index contributed by atoms with van der Waals surface area (Å²) in [5.74, 6) is 1.71. The number of nitrogens with zero attached hydrogens (tertiary/aromatic N) is 3. The highest BCUT2D eigenvalue weighted by Gasteiger charge is 2.11. The Hall–Kier alpha value is -3.62. The molecule has 0 aliphatic heterocycles. The number of aromatic nitrogens is 3. The fourth-order valence-electron chi connectivity index (χ4n) is 3.48. The van der Waals surface area contributed by atoms with Gasteiger partial charge in [-0.2, -0.15) is 0 Å². The molecule has 5 rings (SSSR count). The molecule has 6 nitrogen and oxygen atoms in total. The average Bonchev–Trinajstić information content (AvgIpc) is 2.85. The highest BCUT2D eigenvalue weighted by Crippen LogP contribution is 2.37. The molecule has 0 saturated carbocycles. The highest BCUT2D eigenvalue weighted by molar-refractivity contribution is 9.10. The molecule has 2 N–H and O–H groups in total. The van der Waals surface area contributed by atoms with E-state index in [1.165, 1.54) is 6.33 Å². The maximum absolute atomic E-state index is 9.64. The van der Waals surface area contributed by atoms with Crippen LogP contribution >= 0.6 is 27.7 Å². The molecule has 174 valence electrons. The van der Waals surface area contributed by atoms with E-state index in [0.717, 1.165) is 42.3 Å². The van der Waals surface area contributed by atoms with E-state index in [1.54, 1.807) is 23.9 Å². The summed E-state index contributed by atoms with van der Waals surface area (Å²) in [5.41, 5.74) is 3.44. The quantitative estimate of drug-likeness (QED) is 0.223. The summed E-state index contributed by atoms with van der Waals surface area (Å²) in [6.45, 7) is 2.36. The van der Waals surface area contributed by atoms with Crippen LogP contribution in [0.1, 0.15) is 11.3 Å². The van der Waals surface area contributed by atoms with Gasteiger partial charge in [-0.3, -0.25) is 0 Å². The van der Waals surface area contributed by atoms with Crippen LogP contribution in [0.3, 0.4) is 0 Å². The first-order valence-corrected chi connectivity index (χ1v) is 12.5. The fraction of sp³-hybridized carbons (Fsp3) is 0.0741. The van der Waals surface area contributed by atoms with Gasteiger partial charge in [-0.1, -0.05) is 39.8 Å². The lowest BCUT2D eigenvalue weighted by Crippen LogP contribution is -2.01. The number of hydrogen-bond donors (Lipinski definition) is 2. The number of pyridine rings is 1. The first kappa shape index (κ1) is 23.1. The molecule has 0 aliphatic rings. The smallest absolute Gasteiger partial charge is 0.164 e. The van der Waals surface area contributed by atoms with E-state index in [4.69, 9.17) is 4.74 Å². The molecule has 35 heavy (non-hydrogen) atoms. The third kappa shape index (κ3) is 5.72. The Morgan fingerprint density at radius 1 is 0.971 bits per heavy atom. The predicted octanol–water partition coefficient (Wildman–Crippen LogP) is 7.28. The number of halogens is 1. The molecule has 0 fully saturated rings. The molecule has 2 heterocycles. The Kier molecular flexibility index (Phi) is 6.83. The highest BCUT2D eigenvalue weighted by atomic mass is 79.9. The van der Waals surface area contributed by atoms with E-state index in [9.17, 15) is 5.11 Å². The number of anilines is 2. The molecule has 8 heteroatoms. The van der Waals surface area contributed by atoms with E-state index in [1.807, 2.05) is 55.5 Å². The number of benzene rings is 3. The van der Waals surface area contributed by atoms with Crippen LogP contribution in [-0.4, -0.2) is 20.1 Å². The number of phenols is 1. The zero-order chi connectivity index (χ0) is 24.2. The zero-order valence-electron chi connectivity index (χ0n) is 18.8. The Bertz CT molecular complexity index is 1500. The normalized spacial score (nSPS) is 10.9. The van der Waals surface area contributed by atoms with Gasteiger partial charge in [-0.15, -0.1) is 0 Å². The molecule has 0 bridgehead atoms. The SMILES string of the molecule is Cc1ccc2c(Nc3cc(COc4cccc(Br)c4)ccc3Sc3ccc(O)cc3)ncnc2n1. The third-order valence-electron chi connectivity index (χ3n) is 5.20. The number of aromatic hydroxyl groups is 1. The average molecular weight is 545 g/mol. The van der Waals surface area contributed by atoms with Crippen molar-refractivity contribution in [2.24, 2.45) is 0 Å². The van der Waals surface area contributed by atoms with Crippen molar-refractivity contribution in [3.63, 3.8) is 0 Å².